The fraction of sp³-hybridized carbons (Fsp3) is 0.375. The van der Waals surface area contributed by atoms with Crippen LogP contribution in [-0.2, 0) is 19.1 Å². The standard InChI is InChI=1S/C24H26N2O6/c1-15(21(27)26-24(22(28)29)10-12-31-13-11-24)25-23(30)32-14-20-18-8-4-2-6-16(18)17-7-3-5-9-19(17)20/h2-9,15,20H,10-14H2,1H3,(H,25,30)(H,26,27)(H,28,29)/t15-/m1/s1. The van der Waals surface area contributed by atoms with Crippen LogP contribution in [0.25, 0.3) is 11.1 Å². The van der Waals surface area contributed by atoms with Crippen LogP contribution in [-0.4, -0.2) is 54.5 Å². The van der Waals surface area contributed by atoms with E-state index in [-0.39, 0.29) is 38.6 Å². The lowest BCUT2D eigenvalue weighted by molar-refractivity contribution is -0.152. The van der Waals surface area contributed by atoms with Gasteiger partial charge in [0.05, 0.1) is 0 Å². The number of carboxylic acids is 1. The van der Waals surface area contributed by atoms with Crippen LogP contribution in [0, 0.1) is 0 Å². The van der Waals surface area contributed by atoms with Crippen molar-refractivity contribution in [3.05, 3.63) is 59.7 Å². The Hall–Kier alpha value is -3.39. The van der Waals surface area contributed by atoms with E-state index in [4.69, 9.17) is 9.47 Å². The summed E-state index contributed by atoms with van der Waals surface area (Å²) < 4.78 is 10.7. The van der Waals surface area contributed by atoms with Crippen molar-refractivity contribution in [3.63, 3.8) is 0 Å². The van der Waals surface area contributed by atoms with Gasteiger partial charge in [0.25, 0.3) is 0 Å². The molecule has 2 aromatic rings. The Morgan fingerprint density at radius 1 is 1.06 bits per heavy atom. The van der Waals surface area contributed by atoms with Crippen molar-refractivity contribution in [1.29, 1.82) is 0 Å². The number of carbonyl (C=O) groups is 3. The lowest BCUT2D eigenvalue weighted by Crippen LogP contribution is -2.60. The lowest BCUT2D eigenvalue weighted by Gasteiger charge is -2.34. The molecular formula is C24H26N2O6. The molecule has 168 valence electrons. The van der Waals surface area contributed by atoms with Crippen molar-refractivity contribution < 1.29 is 29.0 Å². The summed E-state index contributed by atoms with van der Waals surface area (Å²) in [4.78, 5) is 36.7. The minimum Gasteiger partial charge on any atom is -0.480 e. The highest BCUT2D eigenvalue weighted by Crippen LogP contribution is 2.44. The monoisotopic (exact) mass is 438 g/mol. The highest BCUT2D eigenvalue weighted by Gasteiger charge is 2.42. The normalized spacial score (nSPS) is 17.5. The molecule has 4 rings (SSSR count). The number of amides is 2. The average molecular weight is 438 g/mol. The van der Waals surface area contributed by atoms with Gasteiger partial charge in [0.1, 0.15) is 18.2 Å². The molecule has 0 saturated carbocycles. The molecule has 0 unspecified atom stereocenters. The molecule has 1 atom stereocenters. The third-order valence-corrected chi connectivity index (χ3v) is 6.19. The van der Waals surface area contributed by atoms with E-state index >= 15 is 0 Å². The summed E-state index contributed by atoms with van der Waals surface area (Å²) in [5, 5.41) is 14.7. The molecule has 0 spiro atoms. The van der Waals surface area contributed by atoms with E-state index in [9.17, 15) is 19.5 Å². The van der Waals surface area contributed by atoms with E-state index in [1.165, 1.54) is 6.92 Å². The average Bonchev–Trinajstić information content (AvgIpc) is 3.12. The first-order valence-electron chi connectivity index (χ1n) is 10.7. The Bertz CT molecular complexity index is 985. The first-order chi connectivity index (χ1) is 15.4. The van der Waals surface area contributed by atoms with Gasteiger partial charge in [-0.25, -0.2) is 9.59 Å². The molecule has 0 bridgehead atoms. The minimum absolute atomic E-state index is 0.0881. The minimum atomic E-state index is -1.38. The molecular weight excluding hydrogens is 412 g/mol. The van der Waals surface area contributed by atoms with Gasteiger partial charge < -0.3 is 25.2 Å². The van der Waals surface area contributed by atoms with Crippen LogP contribution >= 0.6 is 0 Å². The summed E-state index contributed by atoms with van der Waals surface area (Å²) >= 11 is 0. The summed E-state index contributed by atoms with van der Waals surface area (Å²) in [6, 6.07) is 15.1. The second-order valence-electron chi connectivity index (χ2n) is 8.18. The van der Waals surface area contributed by atoms with Crippen molar-refractivity contribution in [1.82, 2.24) is 10.6 Å². The predicted molar refractivity (Wildman–Crippen MR) is 116 cm³/mol. The maximum absolute atomic E-state index is 12.6. The molecule has 1 saturated heterocycles. The Labute approximate surface area is 185 Å². The van der Waals surface area contributed by atoms with Crippen molar-refractivity contribution in [2.45, 2.75) is 37.3 Å². The van der Waals surface area contributed by atoms with Crippen LogP contribution in [0.3, 0.4) is 0 Å². The number of carbonyl (C=O) groups excluding carboxylic acids is 2. The zero-order valence-electron chi connectivity index (χ0n) is 17.8. The van der Waals surface area contributed by atoms with E-state index in [0.29, 0.717) is 0 Å². The molecule has 2 amide bonds. The Balaban J connectivity index is 1.36. The number of hydrogen-bond donors (Lipinski definition) is 3. The molecule has 8 heteroatoms. The smallest absolute Gasteiger partial charge is 0.407 e. The number of ether oxygens (including phenoxy) is 2. The zero-order valence-corrected chi connectivity index (χ0v) is 17.8. The van der Waals surface area contributed by atoms with Gasteiger partial charge in [0.15, 0.2) is 0 Å². The highest BCUT2D eigenvalue weighted by atomic mass is 16.5. The van der Waals surface area contributed by atoms with Crippen molar-refractivity contribution in [2.75, 3.05) is 19.8 Å². The Morgan fingerprint density at radius 2 is 1.62 bits per heavy atom. The van der Waals surface area contributed by atoms with Gasteiger partial charge in [0, 0.05) is 32.0 Å². The van der Waals surface area contributed by atoms with Gasteiger partial charge in [0.2, 0.25) is 5.91 Å². The fourth-order valence-corrected chi connectivity index (χ4v) is 4.34. The zero-order chi connectivity index (χ0) is 22.7. The van der Waals surface area contributed by atoms with Gasteiger partial charge in [-0.05, 0) is 29.2 Å². The maximum atomic E-state index is 12.6. The van der Waals surface area contributed by atoms with Gasteiger partial charge in [-0.2, -0.15) is 0 Å². The number of rotatable bonds is 6. The van der Waals surface area contributed by atoms with Crippen LogP contribution in [0.2, 0.25) is 0 Å². The molecule has 1 aliphatic heterocycles. The van der Waals surface area contributed by atoms with E-state index in [1.54, 1.807) is 0 Å². The third kappa shape index (κ3) is 4.18. The largest absolute Gasteiger partial charge is 0.480 e. The second kappa shape index (κ2) is 9.00. The number of fused-ring (bicyclic) bond motifs is 3. The van der Waals surface area contributed by atoms with E-state index in [2.05, 4.69) is 22.8 Å². The number of aliphatic carboxylic acids is 1. The molecule has 8 nitrogen and oxygen atoms in total. The van der Waals surface area contributed by atoms with Crippen molar-refractivity contribution in [2.24, 2.45) is 0 Å². The lowest BCUT2D eigenvalue weighted by atomic mass is 9.90. The number of benzene rings is 2. The third-order valence-electron chi connectivity index (χ3n) is 6.19. The molecule has 32 heavy (non-hydrogen) atoms. The fourth-order valence-electron chi connectivity index (χ4n) is 4.34. The first-order valence-corrected chi connectivity index (χ1v) is 10.7. The van der Waals surface area contributed by atoms with Crippen LogP contribution in [0.4, 0.5) is 4.79 Å². The molecule has 0 radical (unpaired) electrons. The van der Waals surface area contributed by atoms with Crippen molar-refractivity contribution in [3.8, 4) is 11.1 Å². The molecule has 1 aliphatic carbocycles. The van der Waals surface area contributed by atoms with Crippen molar-refractivity contribution >= 4 is 18.0 Å². The number of nitrogens with one attached hydrogen (secondary N) is 2. The van der Waals surface area contributed by atoms with E-state index < -0.39 is 29.6 Å². The van der Waals surface area contributed by atoms with Gasteiger partial charge in [-0.15, -0.1) is 0 Å². The van der Waals surface area contributed by atoms with Crippen LogP contribution in [0.15, 0.2) is 48.5 Å². The van der Waals surface area contributed by atoms with Gasteiger partial charge >= 0.3 is 12.1 Å². The summed E-state index contributed by atoms with van der Waals surface area (Å²) in [7, 11) is 0. The van der Waals surface area contributed by atoms with Crippen LogP contribution in [0.5, 0.6) is 0 Å². The van der Waals surface area contributed by atoms with E-state index in [0.717, 1.165) is 22.3 Å². The highest BCUT2D eigenvalue weighted by molar-refractivity contribution is 5.91. The molecule has 1 fully saturated rings. The number of hydrogen-bond acceptors (Lipinski definition) is 5. The Kier molecular flexibility index (Phi) is 6.14. The second-order valence-corrected chi connectivity index (χ2v) is 8.18. The quantitative estimate of drug-likeness (QED) is 0.639. The van der Waals surface area contributed by atoms with Gasteiger partial charge in [-0.1, -0.05) is 48.5 Å². The predicted octanol–water partition coefficient (Wildman–Crippen LogP) is 2.66. The summed E-state index contributed by atoms with van der Waals surface area (Å²) in [6.07, 6.45) is -0.386. The summed E-state index contributed by atoms with van der Waals surface area (Å²) in [5.74, 6) is -1.78. The number of alkyl carbamates (subject to hydrolysis) is 1. The summed E-state index contributed by atoms with van der Waals surface area (Å²) in [5.41, 5.74) is 3.05. The Morgan fingerprint density at radius 3 is 2.19 bits per heavy atom. The maximum Gasteiger partial charge on any atom is 0.407 e. The molecule has 3 N–H and O–H groups in total. The molecule has 1 heterocycles. The molecule has 0 aromatic heterocycles. The van der Waals surface area contributed by atoms with Gasteiger partial charge in [-0.3, -0.25) is 4.79 Å². The SMILES string of the molecule is C[C@@H](NC(=O)OCC1c2ccccc2-c2ccccc21)C(=O)NC1(C(=O)O)CCOCC1. The first kappa shape index (κ1) is 21.8. The van der Waals surface area contributed by atoms with E-state index in [1.807, 2.05) is 36.4 Å². The number of carboxylic acid groups (broad SMARTS) is 1. The summed E-state index contributed by atoms with van der Waals surface area (Å²) in [6.45, 7) is 2.12. The topological polar surface area (TPSA) is 114 Å². The molecule has 2 aromatic carbocycles. The van der Waals surface area contributed by atoms with Crippen LogP contribution in [0.1, 0.15) is 36.8 Å². The van der Waals surface area contributed by atoms with Crippen LogP contribution < -0.4 is 10.6 Å². The molecule has 2 aliphatic rings.